The molecule has 0 spiro atoms. The van der Waals surface area contributed by atoms with E-state index in [0.717, 1.165) is 34.6 Å². The van der Waals surface area contributed by atoms with Crippen LogP contribution in [0.2, 0.25) is 0 Å². The molecule has 0 saturated carbocycles. The van der Waals surface area contributed by atoms with Crippen molar-refractivity contribution in [1.82, 2.24) is 14.5 Å². The summed E-state index contributed by atoms with van der Waals surface area (Å²) in [7, 11) is 4.06. The summed E-state index contributed by atoms with van der Waals surface area (Å²) in [5, 5.41) is 0. The first-order chi connectivity index (χ1) is 14.1. The highest BCUT2D eigenvalue weighted by Crippen LogP contribution is 2.26. The predicted octanol–water partition coefficient (Wildman–Crippen LogP) is 4.63. The Kier molecular flexibility index (Phi) is 5.36. The maximum Gasteiger partial charge on any atom is 0.263 e. The standard InChI is InChI=1S/C25H23N3O/c1-27(2)17-19-10-6-7-13-22(19)23-16-20(24-14-8-9-15-26-24)18-28(25(23)29)21-11-4-3-5-12-21/h3-16,18H,17H2,1-2H3. The molecule has 4 nitrogen and oxygen atoms in total. The lowest BCUT2D eigenvalue weighted by atomic mass is 9.98. The van der Waals surface area contributed by atoms with E-state index in [1.54, 1.807) is 10.8 Å². The van der Waals surface area contributed by atoms with Gasteiger partial charge in [-0.3, -0.25) is 14.3 Å². The van der Waals surface area contributed by atoms with Crippen molar-refractivity contribution in [2.75, 3.05) is 14.1 Å². The van der Waals surface area contributed by atoms with Gasteiger partial charge in [-0.25, -0.2) is 0 Å². The van der Waals surface area contributed by atoms with Crippen LogP contribution in [0.25, 0.3) is 28.1 Å². The van der Waals surface area contributed by atoms with Gasteiger partial charge in [0.15, 0.2) is 0 Å². The van der Waals surface area contributed by atoms with Crippen molar-refractivity contribution in [3.8, 4) is 28.1 Å². The van der Waals surface area contributed by atoms with Crippen molar-refractivity contribution in [1.29, 1.82) is 0 Å². The average Bonchev–Trinajstić information content (AvgIpc) is 2.75. The highest BCUT2D eigenvalue weighted by atomic mass is 16.1. The van der Waals surface area contributed by atoms with Gasteiger partial charge in [-0.05, 0) is 55.6 Å². The molecule has 4 heteroatoms. The third-order valence-corrected chi connectivity index (χ3v) is 4.81. The van der Waals surface area contributed by atoms with Gasteiger partial charge in [0.1, 0.15) is 0 Å². The van der Waals surface area contributed by atoms with Gasteiger partial charge in [0.25, 0.3) is 5.56 Å². The summed E-state index contributed by atoms with van der Waals surface area (Å²) in [5.41, 5.74) is 5.28. The lowest BCUT2D eigenvalue weighted by molar-refractivity contribution is 0.403. The fraction of sp³-hybridized carbons (Fsp3) is 0.120. The Morgan fingerprint density at radius 3 is 2.31 bits per heavy atom. The first-order valence-electron chi connectivity index (χ1n) is 9.60. The zero-order valence-electron chi connectivity index (χ0n) is 16.6. The van der Waals surface area contributed by atoms with Crippen molar-refractivity contribution in [3.63, 3.8) is 0 Å². The second kappa shape index (κ2) is 8.25. The summed E-state index contributed by atoms with van der Waals surface area (Å²) in [6.45, 7) is 0.759. The molecule has 0 aliphatic carbocycles. The quantitative estimate of drug-likeness (QED) is 0.506. The minimum absolute atomic E-state index is 0.0397. The Hall–Kier alpha value is -3.50. The summed E-state index contributed by atoms with van der Waals surface area (Å²) in [5.74, 6) is 0. The number of aromatic nitrogens is 2. The number of rotatable bonds is 5. The van der Waals surface area contributed by atoms with E-state index >= 15 is 0 Å². The first kappa shape index (κ1) is 18.8. The van der Waals surface area contributed by atoms with Crippen LogP contribution in [-0.4, -0.2) is 28.5 Å². The molecule has 29 heavy (non-hydrogen) atoms. The third kappa shape index (κ3) is 4.03. The van der Waals surface area contributed by atoms with E-state index in [9.17, 15) is 4.79 Å². The van der Waals surface area contributed by atoms with E-state index in [2.05, 4.69) is 16.0 Å². The van der Waals surface area contributed by atoms with Crippen LogP contribution in [-0.2, 0) is 6.54 Å². The molecule has 0 bridgehead atoms. The first-order valence-corrected chi connectivity index (χ1v) is 9.60. The van der Waals surface area contributed by atoms with E-state index in [1.165, 1.54) is 0 Å². The Balaban J connectivity index is 1.99. The maximum absolute atomic E-state index is 13.5. The summed E-state index contributed by atoms with van der Waals surface area (Å²) in [6, 6.07) is 25.6. The molecule has 4 rings (SSSR count). The zero-order valence-corrected chi connectivity index (χ0v) is 16.6. The predicted molar refractivity (Wildman–Crippen MR) is 118 cm³/mol. The van der Waals surface area contributed by atoms with Gasteiger partial charge in [0.2, 0.25) is 0 Å². The zero-order chi connectivity index (χ0) is 20.2. The number of hydrogen-bond acceptors (Lipinski definition) is 3. The molecule has 0 saturated heterocycles. The van der Waals surface area contributed by atoms with Crippen LogP contribution in [0.3, 0.4) is 0 Å². The Bertz CT molecular complexity index is 1170. The number of para-hydroxylation sites is 1. The van der Waals surface area contributed by atoms with Crippen molar-refractivity contribution in [2.45, 2.75) is 6.54 Å². The van der Waals surface area contributed by atoms with Crippen LogP contribution < -0.4 is 5.56 Å². The maximum atomic E-state index is 13.5. The number of pyridine rings is 2. The van der Waals surface area contributed by atoms with E-state index in [1.807, 2.05) is 93.1 Å². The SMILES string of the molecule is CN(C)Cc1ccccc1-c1cc(-c2ccccn2)cn(-c2ccccc2)c1=O. The van der Waals surface area contributed by atoms with Gasteiger partial charge in [-0.1, -0.05) is 48.5 Å². The highest BCUT2D eigenvalue weighted by molar-refractivity contribution is 5.73. The topological polar surface area (TPSA) is 38.1 Å². The van der Waals surface area contributed by atoms with Crippen molar-refractivity contribution in [2.24, 2.45) is 0 Å². The highest BCUT2D eigenvalue weighted by Gasteiger charge is 2.15. The number of benzene rings is 2. The van der Waals surface area contributed by atoms with E-state index in [0.29, 0.717) is 5.56 Å². The molecule has 0 aliphatic heterocycles. The molecule has 0 unspecified atom stereocenters. The monoisotopic (exact) mass is 381 g/mol. The van der Waals surface area contributed by atoms with Crippen LogP contribution in [0.1, 0.15) is 5.56 Å². The van der Waals surface area contributed by atoms with Crippen molar-refractivity contribution in [3.05, 3.63) is 107 Å². The molecule has 2 aromatic carbocycles. The van der Waals surface area contributed by atoms with Gasteiger partial charge < -0.3 is 4.90 Å². The van der Waals surface area contributed by atoms with Crippen molar-refractivity contribution < 1.29 is 0 Å². The van der Waals surface area contributed by atoms with Gasteiger partial charge in [-0.2, -0.15) is 0 Å². The van der Waals surface area contributed by atoms with Crippen LogP contribution >= 0.6 is 0 Å². The average molecular weight is 381 g/mol. The Labute approximate surface area is 170 Å². The molecule has 0 atom stereocenters. The van der Waals surface area contributed by atoms with Gasteiger partial charge in [0.05, 0.1) is 5.69 Å². The molecule has 144 valence electrons. The molecular formula is C25H23N3O. The molecular weight excluding hydrogens is 358 g/mol. The smallest absolute Gasteiger partial charge is 0.263 e. The molecule has 4 aromatic rings. The molecule has 0 radical (unpaired) electrons. The van der Waals surface area contributed by atoms with E-state index in [-0.39, 0.29) is 5.56 Å². The van der Waals surface area contributed by atoms with Crippen molar-refractivity contribution >= 4 is 0 Å². The largest absolute Gasteiger partial charge is 0.305 e. The lowest BCUT2D eigenvalue weighted by Gasteiger charge is -2.16. The second-order valence-corrected chi connectivity index (χ2v) is 7.26. The summed E-state index contributed by atoms with van der Waals surface area (Å²) in [6.07, 6.45) is 3.64. The molecule has 0 aliphatic rings. The van der Waals surface area contributed by atoms with Gasteiger partial charge >= 0.3 is 0 Å². The molecule has 2 heterocycles. The fourth-order valence-corrected chi connectivity index (χ4v) is 3.49. The lowest BCUT2D eigenvalue weighted by Crippen LogP contribution is -2.21. The summed E-state index contributed by atoms with van der Waals surface area (Å²) < 4.78 is 1.71. The molecule has 0 amide bonds. The molecule has 0 N–H and O–H groups in total. The summed E-state index contributed by atoms with van der Waals surface area (Å²) in [4.78, 5) is 20.1. The number of nitrogens with zero attached hydrogens (tertiary/aromatic N) is 3. The van der Waals surface area contributed by atoms with E-state index in [4.69, 9.17) is 0 Å². The van der Waals surface area contributed by atoms with Crippen LogP contribution in [0, 0.1) is 0 Å². The second-order valence-electron chi connectivity index (χ2n) is 7.26. The molecule has 2 aromatic heterocycles. The van der Waals surface area contributed by atoms with Gasteiger partial charge in [-0.15, -0.1) is 0 Å². The normalized spacial score (nSPS) is 11.0. The minimum atomic E-state index is -0.0397. The third-order valence-electron chi connectivity index (χ3n) is 4.81. The van der Waals surface area contributed by atoms with Crippen LogP contribution in [0.15, 0.2) is 96.1 Å². The Morgan fingerprint density at radius 1 is 0.862 bits per heavy atom. The van der Waals surface area contributed by atoms with E-state index < -0.39 is 0 Å². The van der Waals surface area contributed by atoms with Gasteiger partial charge in [0, 0.05) is 35.8 Å². The number of hydrogen-bond donors (Lipinski definition) is 0. The van der Waals surface area contributed by atoms with Crippen LogP contribution in [0.4, 0.5) is 0 Å². The minimum Gasteiger partial charge on any atom is -0.305 e. The van der Waals surface area contributed by atoms with Crippen LogP contribution in [0.5, 0.6) is 0 Å². The fourth-order valence-electron chi connectivity index (χ4n) is 3.49. The molecule has 0 fully saturated rings. The summed E-state index contributed by atoms with van der Waals surface area (Å²) >= 11 is 0. The Morgan fingerprint density at radius 2 is 1.59 bits per heavy atom.